The van der Waals surface area contributed by atoms with Crippen LogP contribution < -0.4 is 0 Å². The second kappa shape index (κ2) is 5.26. The summed E-state index contributed by atoms with van der Waals surface area (Å²) in [5, 5.41) is -1.51. The van der Waals surface area contributed by atoms with E-state index in [0.717, 1.165) is 11.3 Å². The van der Waals surface area contributed by atoms with Gasteiger partial charge in [0, 0.05) is 4.88 Å². The Morgan fingerprint density at radius 1 is 0.842 bits per heavy atom. The highest BCUT2D eigenvalue weighted by Gasteiger charge is 2.30. The number of benzene rings is 1. The zero-order valence-electron chi connectivity index (χ0n) is 8.79. The van der Waals surface area contributed by atoms with Gasteiger partial charge in [-0.3, -0.25) is 0 Å². The molecule has 0 amide bonds. The van der Waals surface area contributed by atoms with Gasteiger partial charge in [0.1, 0.15) is 0 Å². The largest absolute Gasteiger partial charge is 0.203 e. The molecule has 0 spiro atoms. The van der Waals surface area contributed by atoms with Gasteiger partial charge in [-0.15, -0.1) is 22.9 Å². The number of halogens is 7. The van der Waals surface area contributed by atoms with Gasteiger partial charge in [-0.25, -0.2) is 22.0 Å². The normalized spacial score (nSPS) is 12.8. The third kappa shape index (κ3) is 2.44. The quantitative estimate of drug-likeness (QED) is 0.298. The molecule has 1 unspecified atom stereocenters. The number of thiophene rings is 1. The van der Waals surface area contributed by atoms with Crippen LogP contribution in [0.3, 0.4) is 0 Å². The zero-order chi connectivity index (χ0) is 14.3. The highest BCUT2D eigenvalue weighted by molar-refractivity contribution is 7.16. The van der Waals surface area contributed by atoms with Gasteiger partial charge < -0.3 is 0 Å². The average molecular weight is 333 g/mol. The van der Waals surface area contributed by atoms with Crippen molar-refractivity contribution in [1.82, 2.24) is 0 Å². The molecule has 0 nitrogen and oxygen atoms in total. The van der Waals surface area contributed by atoms with E-state index in [-0.39, 0.29) is 9.21 Å². The zero-order valence-corrected chi connectivity index (χ0v) is 11.1. The van der Waals surface area contributed by atoms with E-state index in [4.69, 9.17) is 23.2 Å². The molecule has 1 aromatic carbocycles. The monoisotopic (exact) mass is 332 g/mol. The fourth-order valence-electron chi connectivity index (χ4n) is 1.45. The van der Waals surface area contributed by atoms with Crippen molar-refractivity contribution >= 4 is 34.5 Å². The Balaban J connectivity index is 2.63. The van der Waals surface area contributed by atoms with E-state index in [1.807, 2.05) is 0 Å². The summed E-state index contributed by atoms with van der Waals surface area (Å²) in [5.74, 6) is -10.2. The first kappa shape index (κ1) is 14.6. The third-order valence-electron chi connectivity index (χ3n) is 2.34. The van der Waals surface area contributed by atoms with Gasteiger partial charge in [-0.05, 0) is 12.1 Å². The van der Waals surface area contributed by atoms with Crippen LogP contribution in [0, 0.1) is 29.1 Å². The lowest BCUT2D eigenvalue weighted by atomic mass is 10.1. The van der Waals surface area contributed by atoms with Crippen LogP contribution in [-0.2, 0) is 0 Å². The van der Waals surface area contributed by atoms with E-state index in [0.29, 0.717) is 0 Å². The predicted octanol–water partition coefficient (Wildman–Crippen LogP) is 5.43. The Bertz CT molecular complexity index is 611. The van der Waals surface area contributed by atoms with Crippen LogP contribution in [0.5, 0.6) is 0 Å². The van der Waals surface area contributed by atoms with Gasteiger partial charge in [0.2, 0.25) is 5.82 Å². The van der Waals surface area contributed by atoms with Gasteiger partial charge in [0.15, 0.2) is 23.3 Å². The highest BCUT2D eigenvalue weighted by Crippen LogP contribution is 2.39. The van der Waals surface area contributed by atoms with Crippen LogP contribution in [-0.4, -0.2) is 0 Å². The van der Waals surface area contributed by atoms with Crippen molar-refractivity contribution in [2.75, 3.05) is 0 Å². The molecule has 8 heteroatoms. The predicted molar refractivity (Wildman–Crippen MR) is 63.3 cm³/mol. The first-order valence-corrected chi connectivity index (χ1v) is 6.38. The second-order valence-corrected chi connectivity index (χ2v) is 5.67. The Morgan fingerprint density at radius 2 is 1.32 bits per heavy atom. The molecule has 0 radical (unpaired) electrons. The van der Waals surface area contributed by atoms with E-state index >= 15 is 0 Å². The SMILES string of the molecule is Fc1c(F)c(F)c(C(Cl)c2ccc(Cl)s2)c(F)c1F. The summed E-state index contributed by atoms with van der Waals surface area (Å²) in [4.78, 5) is 0.176. The Morgan fingerprint density at radius 3 is 1.74 bits per heavy atom. The molecule has 0 N–H and O–H groups in total. The highest BCUT2D eigenvalue weighted by atomic mass is 35.5. The van der Waals surface area contributed by atoms with Crippen molar-refractivity contribution in [3.05, 3.63) is 56.0 Å². The van der Waals surface area contributed by atoms with E-state index < -0.39 is 40.0 Å². The van der Waals surface area contributed by atoms with Gasteiger partial charge >= 0.3 is 0 Å². The van der Waals surface area contributed by atoms with Crippen LogP contribution in [0.1, 0.15) is 15.8 Å². The van der Waals surface area contributed by atoms with Gasteiger partial charge in [-0.2, -0.15) is 0 Å². The van der Waals surface area contributed by atoms with Crippen molar-refractivity contribution in [3.8, 4) is 0 Å². The molecule has 0 aliphatic heterocycles. The minimum Gasteiger partial charge on any atom is -0.203 e. The molecule has 0 aliphatic rings. The molecule has 1 atom stereocenters. The maximum atomic E-state index is 13.5. The molecule has 1 heterocycles. The van der Waals surface area contributed by atoms with Crippen LogP contribution in [0.25, 0.3) is 0 Å². The lowest BCUT2D eigenvalue weighted by molar-refractivity contribution is 0.371. The minimum absolute atomic E-state index is 0.176. The van der Waals surface area contributed by atoms with Gasteiger partial charge in [0.25, 0.3) is 0 Å². The van der Waals surface area contributed by atoms with E-state index in [1.165, 1.54) is 12.1 Å². The summed E-state index contributed by atoms with van der Waals surface area (Å²) in [6.07, 6.45) is 0. The van der Waals surface area contributed by atoms with Crippen molar-refractivity contribution < 1.29 is 22.0 Å². The first-order chi connectivity index (χ1) is 8.84. The lowest BCUT2D eigenvalue weighted by Crippen LogP contribution is -2.09. The average Bonchev–Trinajstić information content (AvgIpc) is 2.81. The van der Waals surface area contributed by atoms with Crippen molar-refractivity contribution in [2.24, 2.45) is 0 Å². The summed E-state index contributed by atoms with van der Waals surface area (Å²) < 4.78 is 66.3. The molecular formula is C11H3Cl2F5S. The topological polar surface area (TPSA) is 0 Å². The summed E-state index contributed by atoms with van der Waals surface area (Å²) in [7, 11) is 0. The van der Waals surface area contributed by atoms with Crippen LogP contribution in [0.4, 0.5) is 22.0 Å². The molecule has 0 saturated heterocycles. The minimum atomic E-state index is -2.22. The van der Waals surface area contributed by atoms with Gasteiger partial charge in [0.05, 0.1) is 15.3 Å². The molecule has 0 fully saturated rings. The maximum Gasteiger partial charge on any atom is 0.200 e. The van der Waals surface area contributed by atoms with Crippen LogP contribution >= 0.6 is 34.5 Å². The fraction of sp³-hybridized carbons (Fsp3) is 0.0909. The summed E-state index contributed by atoms with van der Waals surface area (Å²) in [6, 6.07) is 2.76. The molecule has 2 rings (SSSR count). The van der Waals surface area contributed by atoms with Gasteiger partial charge in [-0.1, -0.05) is 11.6 Å². The van der Waals surface area contributed by atoms with Crippen molar-refractivity contribution in [1.29, 1.82) is 0 Å². The molecule has 102 valence electrons. The van der Waals surface area contributed by atoms with E-state index in [1.54, 1.807) is 0 Å². The smallest absolute Gasteiger partial charge is 0.200 e. The lowest BCUT2D eigenvalue weighted by Gasteiger charge is -2.12. The molecule has 0 aliphatic carbocycles. The van der Waals surface area contributed by atoms with E-state index in [9.17, 15) is 22.0 Å². The van der Waals surface area contributed by atoms with E-state index in [2.05, 4.69) is 0 Å². The molecule has 0 bridgehead atoms. The fourth-order valence-corrected chi connectivity index (χ4v) is 2.90. The standard InChI is InChI=1S/C11H3Cl2F5S/c12-4-2-1-3(19-4)6(13)5-7(14)9(16)11(18)10(17)8(5)15/h1-2,6H. The summed E-state index contributed by atoms with van der Waals surface area (Å²) in [5.41, 5.74) is -1.09. The third-order valence-corrected chi connectivity index (χ3v) is 4.22. The maximum absolute atomic E-state index is 13.5. The Labute approximate surface area is 118 Å². The van der Waals surface area contributed by atoms with Crippen LogP contribution in [0.2, 0.25) is 4.34 Å². The number of hydrogen-bond acceptors (Lipinski definition) is 1. The second-order valence-electron chi connectivity index (χ2n) is 3.49. The summed E-state index contributed by atoms with van der Waals surface area (Å²) >= 11 is 12.3. The summed E-state index contributed by atoms with van der Waals surface area (Å²) in [6.45, 7) is 0. The molecule has 1 aromatic heterocycles. The number of alkyl halides is 1. The molecule has 2 aromatic rings. The Kier molecular flexibility index (Phi) is 4.03. The van der Waals surface area contributed by atoms with Crippen molar-refractivity contribution in [3.63, 3.8) is 0 Å². The molecular weight excluding hydrogens is 330 g/mol. The Hall–Kier alpha value is -0.850. The molecule has 19 heavy (non-hydrogen) atoms. The number of hydrogen-bond donors (Lipinski definition) is 0. The first-order valence-electron chi connectivity index (χ1n) is 4.75. The van der Waals surface area contributed by atoms with Crippen LogP contribution in [0.15, 0.2) is 12.1 Å². The van der Waals surface area contributed by atoms with Crippen molar-refractivity contribution in [2.45, 2.75) is 5.38 Å². The molecule has 0 saturated carbocycles. The number of rotatable bonds is 2.